The second-order valence-electron chi connectivity index (χ2n) is 6.47. The first-order chi connectivity index (χ1) is 14.0. The van der Waals surface area contributed by atoms with E-state index < -0.39 is 64.0 Å². The molecule has 17 heteroatoms. The molecule has 0 aliphatic rings. The van der Waals surface area contributed by atoms with Crippen LogP contribution in [0.2, 0.25) is 0 Å². The maximum Gasteiger partial charge on any atom is 0.460 e. The molecule has 0 saturated carbocycles. The first-order valence-electron chi connectivity index (χ1n) is 7.87. The van der Waals surface area contributed by atoms with E-state index in [4.69, 9.17) is 0 Å². The summed E-state index contributed by atoms with van der Waals surface area (Å²) in [5, 5.41) is 20.6. The number of rotatable bonds is 8. The standard InChI is InChI=1S/C15H10F13NO3/c1-6(9(30)7-4-2-3-5-8(7)29(31)32)10(16,17)11(18,19)12(20,21)13(22,23)14(24,25)15(26,27)28/h2-6,9,30H,1H3. The van der Waals surface area contributed by atoms with Crippen LogP contribution in [0.25, 0.3) is 0 Å². The number of nitrogens with zero attached hydrogens (tertiary/aromatic N) is 1. The Bertz CT molecular complexity index is 853. The Morgan fingerprint density at radius 3 is 1.59 bits per heavy atom. The lowest BCUT2D eigenvalue weighted by atomic mass is 9.83. The van der Waals surface area contributed by atoms with Crippen LogP contribution in [0.4, 0.5) is 62.8 Å². The van der Waals surface area contributed by atoms with E-state index in [2.05, 4.69) is 0 Å². The summed E-state index contributed by atoms with van der Waals surface area (Å²) in [4.78, 5) is 9.52. The van der Waals surface area contributed by atoms with Gasteiger partial charge < -0.3 is 5.11 Å². The normalized spacial score (nSPS) is 16.6. The van der Waals surface area contributed by atoms with E-state index in [1.165, 1.54) is 0 Å². The van der Waals surface area contributed by atoms with Gasteiger partial charge in [-0.15, -0.1) is 0 Å². The number of aliphatic hydroxyl groups is 1. The molecule has 0 spiro atoms. The average molecular weight is 499 g/mol. The monoisotopic (exact) mass is 499 g/mol. The van der Waals surface area contributed by atoms with Gasteiger partial charge in [-0.2, -0.15) is 57.1 Å². The Balaban J connectivity index is 3.56. The Hall–Kier alpha value is -2.33. The minimum atomic E-state index is -8.07. The molecular weight excluding hydrogens is 489 g/mol. The van der Waals surface area contributed by atoms with Crippen LogP contribution in [-0.2, 0) is 0 Å². The van der Waals surface area contributed by atoms with E-state index in [0.717, 1.165) is 12.1 Å². The molecule has 4 nitrogen and oxygen atoms in total. The molecule has 1 aromatic rings. The van der Waals surface area contributed by atoms with Crippen molar-refractivity contribution in [3.8, 4) is 0 Å². The molecule has 184 valence electrons. The second kappa shape index (κ2) is 7.91. The number of nitro benzene ring substituents is 1. The van der Waals surface area contributed by atoms with Crippen molar-refractivity contribution in [2.24, 2.45) is 5.92 Å². The number of benzene rings is 1. The van der Waals surface area contributed by atoms with Crippen LogP contribution >= 0.6 is 0 Å². The summed E-state index contributed by atoms with van der Waals surface area (Å²) in [7, 11) is 0. The van der Waals surface area contributed by atoms with E-state index in [-0.39, 0.29) is 6.92 Å². The number of aliphatic hydroxyl groups excluding tert-OH is 1. The topological polar surface area (TPSA) is 63.4 Å². The van der Waals surface area contributed by atoms with Gasteiger partial charge in [-0.05, 0) is 6.07 Å². The summed E-state index contributed by atoms with van der Waals surface area (Å²) in [6.07, 6.45) is -10.7. The predicted octanol–water partition coefficient (Wildman–Crippen LogP) is 6.00. The maximum atomic E-state index is 14.2. The lowest BCUT2D eigenvalue weighted by molar-refractivity contribution is -0.444. The van der Waals surface area contributed by atoms with E-state index in [1.54, 1.807) is 0 Å². The number of halogens is 13. The molecule has 2 unspecified atom stereocenters. The Kier molecular flexibility index (Phi) is 6.85. The first kappa shape index (κ1) is 27.7. The third kappa shape index (κ3) is 3.83. The largest absolute Gasteiger partial charge is 0.460 e. The molecule has 0 fully saturated rings. The average Bonchev–Trinajstić information content (AvgIpc) is 2.65. The zero-order valence-electron chi connectivity index (χ0n) is 15.1. The lowest BCUT2D eigenvalue weighted by Gasteiger charge is -2.42. The summed E-state index contributed by atoms with van der Waals surface area (Å²) in [6, 6.07) is 2.78. The van der Waals surface area contributed by atoms with Gasteiger partial charge in [0.15, 0.2) is 0 Å². The van der Waals surface area contributed by atoms with Crippen LogP contribution in [-0.4, -0.2) is 45.8 Å². The molecule has 2 atom stereocenters. The van der Waals surface area contributed by atoms with E-state index >= 15 is 0 Å². The quantitative estimate of drug-likeness (QED) is 0.271. The van der Waals surface area contributed by atoms with E-state index in [9.17, 15) is 72.3 Å². The fraction of sp³-hybridized carbons (Fsp3) is 0.600. The zero-order valence-corrected chi connectivity index (χ0v) is 15.1. The highest BCUT2D eigenvalue weighted by Gasteiger charge is 2.91. The van der Waals surface area contributed by atoms with Gasteiger partial charge in [0, 0.05) is 6.07 Å². The van der Waals surface area contributed by atoms with Gasteiger partial charge in [-0.1, -0.05) is 19.1 Å². The van der Waals surface area contributed by atoms with E-state index in [0.29, 0.717) is 12.1 Å². The number of hydrogen-bond donors (Lipinski definition) is 1. The van der Waals surface area contributed by atoms with Crippen molar-refractivity contribution < 1.29 is 67.1 Å². The van der Waals surface area contributed by atoms with Crippen molar-refractivity contribution >= 4 is 5.69 Å². The van der Waals surface area contributed by atoms with Crippen LogP contribution in [0.1, 0.15) is 18.6 Å². The Labute approximate surface area is 168 Å². The molecule has 0 saturated heterocycles. The van der Waals surface area contributed by atoms with Crippen molar-refractivity contribution in [1.29, 1.82) is 0 Å². The highest BCUT2D eigenvalue weighted by Crippen LogP contribution is 2.62. The van der Waals surface area contributed by atoms with Crippen molar-refractivity contribution in [1.82, 2.24) is 0 Å². The molecule has 1 N–H and O–H groups in total. The molecular formula is C15H10F13NO3. The fourth-order valence-electron chi connectivity index (χ4n) is 2.44. The van der Waals surface area contributed by atoms with Gasteiger partial charge in [0.1, 0.15) is 0 Å². The molecule has 0 aliphatic heterocycles. The van der Waals surface area contributed by atoms with Crippen LogP contribution in [0, 0.1) is 16.0 Å². The van der Waals surface area contributed by atoms with E-state index in [1.807, 2.05) is 0 Å². The summed E-state index contributed by atoms with van der Waals surface area (Å²) < 4.78 is 172. The molecule has 0 aliphatic carbocycles. The summed E-state index contributed by atoms with van der Waals surface area (Å²) >= 11 is 0. The molecule has 0 bridgehead atoms. The Morgan fingerprint density at radius 2 is 1.19 bits per heavy atom. The smallest absolute Gasteiger partial charge is 0.388 e. The summed E-state index contributed by atoms with van der Waals surface area (Å²) in [6.45, 7) is -0.189. The highest BCUT2D eigenvalue weighted by molar-refractivity contribution is 5.41. The van der Waals surface area contributed by atoms with Crippen LogP contribution in [0.5, 0.6) is 0 Å². The van der Waals surface area contributed by atoms with Crippen molar-refractivity contribution in [2.75, 3.05) is 0 Å². The summed E-state index contributed by atoms with van der Waals surface area (Å²) in [5.74, 6) is -41.8. The van der Waals surface area contributed by atoms with Crippen LogP contribution in [0.3, 0.4) is 0 Å². The van der Waals surface area contributed by atoms with Gasteiger partial charge in [-0.25, -0.2) is 0 Å². The minimum Gasteiger partial charge on any atom is -0.388 e. The van der Waals surface area contributed by atoms with Gasteiger partial charge >= 0.3 is 35.8 Å². The van der Waals surface area contributed by atoms with Gasteiger partial charge in [-0.3, -0.25) is 10.1 Å². The molecule has 0 aromatic heterocycles. The fourth-order valence-corrected chi connectivity index (χ4v) is 2.44. The molecule has 1 aromatic carbocycles. The number of para-hydroxylation sites is 1. The van der Waals surface area contributed by atoms with Crippen LogP contribution in [0.15, 0.2) is 24.3 Å². The van der Waals surface area contributed by atoms with Gasteiger partial charge in [0.2, 0.25) is 0 Å². The van der Waals surface area contributed by atoms with Gasteiger partial charge in [0.25, 0.3) is 5.69 Å². The Morgan fingerprint density at radius 1 is 0.781 bits per heavy atom. The molecule has 0 amide bonds. The second-order valence-corrected chi connectivity index (χ2v) is 6.47. The molecule has 0 radical (unpaired) electrons. The zero-order chi connectivity index (χ0) is 25.7. The predicted molar refractivity (Wildman–Crippen MR) is 78.0 cm³/mol. The third-order valence-corrected chi connectivity index (χ3v) is 4.46. The number of alkyl halides is 13. The number of hydrogen-bond acceptors (Lipinski definition) is 3. The first-order valence-corrected chi connectivity index (χ1v) is 7.87. The molecule has 1 rings (SSSR count). The van der Waals surface area contributed by atoms with Crippen molar-refractivity contribution in [3.63, 3.8) is 0 Å². The molecule has 0 heterocycles. The SMILES string of the molecule is CC(C(O)c1ccccc1[N+](=O)[O-])C(F)(F)C(F)(F)C(F)(F)C(F)(F)C(F)(F)C(F)(F)F. The third-order valence-electron chi connectivity index (χ3n) is 4.46. The minimum absolute atomic E-state index is 0.189. The van der Waals surface area contributed by atoms with Gasteiger partial charge in [0.05, 0.1) is 22.5 Å². The number of nitro groups is 1. The summed E-state index contributed by atoms with van der Waals surface area (Å²) in [5.41, 5.74) is -2.39. The maximum absolute atomic E-state index is 14.2. The molecule has 32 heavy (non-hydrogen) atoms. The highest BCUT2D eigenvalue weighted by atomic mass is 19.4. The lowest BCUT2D eigenvalue weighted by Crippen LogP contribution is -2.71. The van der Waals surface area contributed by atoms with Crippen molar-refractivity contribution in [3.05, 3.63) is 39.9 Å². The van der Waals surface area contributed by atoms with Crippen LogP contribution < -0.4 is 0 Å². The van der Waals surface area contributed by atoms with Crippen molar-refractivity contribution in [2.45, 2.75) is 48.8 Å².